The van der Waals surface area contributed by atoms with E-state index in [9.17, 15) is 10.2 Å². The second kappa shape index (κ2) is 14.2. The van der Waals surface area contributed by atoms with Gasteiger partial charge in [-0.25, -0.2) is 0 Å². The fourth-order valence-electron chi connectivity index (χ4n) is 3.45. The van der Waals surface area contributed by atoms with Crippen molar-refractivity contribution < 1.29 is 30.1 Å². The molecule has 1 aromatic heterocycles. The monoisotopic (exact) mass is 517 g/mol. The number of ether oxygens (including phenoxy) is 1. The first kappa shape index (κ1) is 27.2. The molecule has 2 aromatic carbocycles. The molecule has 0 spiro atoms. The molecule has 1 N–H and O–H groups in total. The number of aryl methyl sites for hydroxylation is 1. The normalized spacial score (nSPS) is 11.8. The predicted octanol–water partition coefficient (Wildman–Crippen LogP) is 4.72. The summed E-state index contributed by atoms with van der Waals surface area (Å²) in [5.74, 6) is 1.21. The zero-order valence-electron chi connectivity index (χ0n) is 19.2. The minimum absolute atomic E-state index is 0.000357. The van der Waals surface area contributed by atoms with Crippen LogP contribution in [0.4, 0.5) is 0 Å². The van der Waals surface area contributed by atoms with Crippen LogP contribution in [0.2, 0.25) is 0 Å². The van der Waals surface area contributed by atoms with E-state index < -0.39 is 6.10 Å². The van der Waals surface area contributed by atoms with Crippen LogP contribution in [0.25, 0.3) is 0 Å². The Morgan fingerprint density at radius 1 is 1.06 bits per heavy atom. The average Bonchev–Trinajstić information content (AvgIpc) is 2.82. The number of hydrogen-bond donors (Lipinski definition) is 1. The van der Waals surface area contributed by atoms with Crippen molar-refractivity contribution in [1.29, 1.82) is 0 Å². The van der Waals surface area contributed by atoms with Gasteiger partial charge in [-0.05, 0) is 47.7 Å². The number of aliphatic hydroxyl groups is 1. The number of nitrogens with zero attached hydrogens (tertiary/aromatic N) is 2. The summed E-state index contributed by atoms with van der Waals surface area (Å²) in [5, 5.41) is 22.9. The van der Waals surface area contributed by atoms with Gasteiger partial charge >= 0.3 is 25.2 Å². The van der Waals surface area contributed by atoms with E-state index in [2.05, 4.69) is 56.2 Å². The van der Waals surface area contributed by atoms with Gasteiger partial charge in [-0.2, -0.15) is 0 Å². The molecule has 0 aliphatic heterocycles. The number of hydrogen-bond acceptors (Lipinski definition) is 5. The number of benzene rings is 2. The molecule has 5 nitrogen and oxygen atoms in total. The van der Waals surface area contributed by atoms with Crippen LogP contribution in [0.1, 0.15) is 42.1 Å². The summed E-state index contributed by atoms with van der Waals surface area (Å²) in [7, 11) is 4.20. The predicted molar refractivity (Wildman–Crippen MR) is 127 cm³/mol. The Labute approximate surface area is 209 Å². The molecular formula is C26H31ClCuN2O3. The maximum atomic E-state index is 12.2. The molecule has 0 radical (unpaired) electrons. The summed E-state index contributed by atoms with van der Waals surface area (Å²) >= 11 is 3.66. The molecule has 1 unspecified atom stereocenters. The van der Waals surface area contributed by atoms with Gasteiger partial charge in [0, 0.05) is 25.8 Å². The summed E-state index contributed by atoms with van der Waals surface area (Å²) in [6.07, 6.45) is 1.05. The van der Waals surface area contributed by atoms with Crippen LogP contribution < -0.4 is 9.84 Å². The Hall–Kier alpha value is -2.08. The summed E-state index contributed by atoms with van der Waals surface area (Å²) in [5.41, 5.74) is 3.84. The molecule has 3 rings (SSSR count). The van der Waals surface area contributed by atoms with Crippen LogP contribution in [-0.4, -0.2) is 34.2 Å². The molecule has 0 saturated heterocycles. The van der Waals surface area contributed by atoms with Crippen molar-refractivity contribution in [2.24, 2.45) is 0 Å². The molecule has 33 heavy (non-hydrogen) atoms. The topological polar surface area (TPSA) is 68.7 Å². The van der Waals surface area contributed by atoms with Crippen molar-refractivity contribution in [3.05, 3.63) is 89.2 Å². The third-order valence-electron chi connectivity index (χ3n) is 5.26. The molecule has 3 aromatic rings. The van der Waals surface area contributed by atoms with Crippen molar-refractivity contribution in [2.45, 2.75) is 45.9 Å². The third-order valence-corrected chi connectivity index (χ3v) is 5.26. The Kier molecular flexibility index (Phi) is 11.7. The van der Waals surface area contributed by atoms with E-state index in [1.807, 2.05) is 48.2 Å². The van der Waals surface area contributed by atoms with E-state index in [1.54, 1.807) is 18.3 Å². The molecule has 0 amide bonds. The van der Waals surface area contributed by atoms with Crippen molar-refractivity contribution in [3.63, 3.8) is 0 Å². The molecule has 0 aliphatic rings. The summed E-state index contributed by atoms with van der Waals surface area (Å²) < 4.78 is 5.96. The van der Waals surface area contributed by atoms with Gasteiger partial charge in [-0.15, -0.1) is 5.75 Å². The van der Waals surface area contributed by atoms with Gasteiger partial charge in [0.2, 0.25) is 0 Å². The molecule has 0 bridgehead atoms. The number of aliphatic hydroxyl groups excluding tert-OH is 1. The maximum absolute atomic E-state index is 12.2. The van der Waals surface area contributed by atoms with Crippen LogP contribution in [0.5, 0.6) is 11.5 Å². The van der Waals surface area contributed by atoms with Crippen LogP contribution in [0, 0.1) is 6.92 Å². The Bertz CT molecular complexity index is 973. The van der Waals surface area contributed by atoms with E-state index in [4.69, 9.17) is 4.74 Å². The molecule has 181 valence electrons. The van der Waals surface area contributed by atoms with Crippen molar-refractivity contribution in [2.75, 3.05) is 13.2 Å². The first-order valence-electron chi connectivity index (χ1n) is 10.8. The molecule has 1 heterocycles. The second-order valence-corrected chi connectivity index (χ2v) is 8.24. The Morgan fingerprint density at radius 3 is 2.45 bits per heavy atom. The zero-order valence-corrected chi connectivity index (χ0v) is 20.9. The number of halogens is 1. The van der Waals surface area contributed by atoms with Gasteiger partial charge in [-0.3, -0.25) is 9.88 Å². The van der Waals surface area contributed by atoms with Crippen molar-refractivity contribution >= 4 is 10.1 Å². The molecule has 1 atom stereocenters. The Morgan fingerprint density at radius 2 is 1.79 bits per heavy atom. The van der Waals surface area contributed by atoms with Crippen molar-refractivity contribution in [1.82, 2.24) is 9.88 Å². The zero-order chi connectivity index (χ0) is 24.2. The van der Waals surface area contributed by atoms with Gasteiger partial charge in [0.1, 0.15) is 18.5 Å². The van der Waals surface area contributed by atoms with E-state index in [0.29, 0.717) is 31.1 Å². The van der Waals surface area contributed by atoms with E-state index in [-0.39, 0.29) is 12.4 Å². The van der Waals surface area contributed by atoms with Gasteiger partial charge in [0.05, 0.1) is 5.69 Å². The quantitative estimate of drug-likeness (QED) is 0.394. The minimum atomic E-state index is -0.704. The van der Waals surface area contributed by atoms with E-state index >= 15 is 0 Å². The Balaban J connectivity index is 0.00000187. The van der Waals surface area contributed by atoms with Gasteiger partial charge < -0.3 is 14.9 Å². The average molecular weight is 519 g/mol. The van der Waals surface area contributed by atoms with Gasteiger partial charge in [0.25, 0.3) is 0 Å². The summed E-state index contributed by atoms with van der Waals surface area (Å²) in [4.78, 5) is 6.42. The fraction of sp³-hybridized carbons (Fsp3) is 0.346. The van der Waals surface area contributed by atoms with Crippen LogP contribution >= 0.6 is 10.1 Å². The molecule has 0 saturated carbocycles. The second-order valence-electron chi connectivity index (χ2n) is 8.24. The first-order valence-corrected chi connectivity index (χ1v) is 12.1. The molecule has 0 fully saturated rings. The van der Waals surface area contributed by atoms with E-state index in [1.165, 1.54) is 5.56 Å². The molecule has 7 heteroatoms. The number of rotatable bonds is 10. The molecule has 0 aliphatic carbocycles. The first-order chi connectivity index (χ1) is 15.9. The fourth-order valence-corrected chi connectivity index (χ4v) is 3.45. The van der Waals surface area contributed by atoms with Crippen molar-refractivity contribution in [3.8, 4) is 11.5 Å². The number of para-hydroxylation sites is 1. The number of pyridine rings is 1. The summed E-state index contributed by atoms with van der Waals surface area (Å²) in [6.45, 7) is 7.82. The molecular weight excluding hydrogens is 487 g/mol. The summed E-state index contributed by atoms with van der Waals surface area (Å²) in [6, 6.07) is 19.0. The van der Waals surface area contributed by atoms with Crippen LogP contribution in [0.3, 0.4) is 0 Å². The third kappa shape index (κ3) is 8.99. The SMILES string of the molecule is Cc1ccc(C(C)C)cc1OCC(O)CN(Cc1ccccn1)Cc1ccccc1[O-].[Cl][Cu+]. The van der Waals surface area contributed by atoms with Crippen LogP contribution in [-0.2, 0) is 28.2 Å². The van der Waals surface area contributed by atoms with Gasteiger partial charge in [-0.1, -0.05) is 56.3 Å². The van der Waals surface area contributed by atoms with E-state index in [0.717, 1.165) is 17.0 Å². The standard InChI is InChI=1S/C26H32N2O3.ClH.Cu/c1-19(2)21-12-11-20(3)26(14-21)31-18-24(29)17-28(16-23-9-6-7-13-27-23)15-22-8-4-5-10-25(22)30;;/h4-14,19,24,29-30H,15-18H2,1-3H3;1H;/q;;+2/p-2. The van der Waals surface area contributed by atoms with Gasteiger partial charge in [0.15, 0.2) is 0 Å². The van der Waals surface area contributed by atoms with Crippen LogP contribution in [0.15, 0.2) is 66.9 Å². The number of aromatic nitrogens is 1.